The first-order valence-corrected chi connectivity index (χ1v) is 8.45. The Bertz CT molecular complexity index is 1020. The van der Waals surface area contributed by atoms with E-state index in [1.165, 1.54) is 4.57 Å². The molecule has 140 valence electrons. The highest BCUT2D eigenvalue weighted by Gasteiger charge is 2.13. The van der Waals surface area contributed by atoms with Crippen LogP contribution in [-0.2, 0) is 22.6 Å². The molecule has 2 amide bonds. The van der Waals surface area contributed by atoms with Crippen LogP contribution in [-0.4, -0.2) is 23.0 Å². The molecular formula is C19H19N3O5. The third kappa shape index (κ3) is 4.35. The summed E-state index contributed by atoms with van der Waals surface area (Å²) in [5, 5.41) is 0. The molecule has 0 atom stereocenters. The maximum absolute atomic E-state index is 12.0. The molecule has 2 aromatic carbocycles. The molecule has 2 N–H and O–H groups in total. The van der Waals surface area contributed by atoms with Gasteiger partial charge in [0, 0.05) is 0 Å². The molecule has 0 fully saturated rings. The molecule has 0 radical (unpaired) electrons. The normalized spacial score (nSPS) is 10.6. The molecule has 0 saturated carbocycles. The van der Waals surface area contributed by atoms with Crippen LogP contribution < -0.4 is 21.3 Å². The van der Waals surface area contributed by atoms with Crippen LogP contribution in [0.3, 0.4) is 0 Å². The van der Waals surface area contributed by atoms with E-state index in [0.29, 0.717) is 16.8 Å². The van der Waals surface area contributed by atoms with E-state index in [2.05, 4.69) is 10.9 Å². The molecule has 0 unspecified atom stereocenters. The minimum atomic E-state index is -0.641. The third-order valence-electron chi connectivity index (χ3n) is 3.93. The second kappa shape index (κ2) is 8.22. The Morgan fingerprint density at radius 3 is 2.56 bits per heavy atom. The molecule has 0 aliphatic heterocycles. The lowest BCUT2D eigenvalue weighted by Gasteiger charge is -2.11. The Balaban J connectivity index is 1.52. The zero-order chi connectivity index (χ0) is 19.2. The van der Waals surface area contributed by atoms with Crippen molar-refractivity contribution in [1.29, 1.82) is 0 Å². The first-order valence-electron chi connectivity index (χ1n) is 8.45. The SMILES string of the molecule is CCc1ccccc1OCC(=O)NNC(=O)Cn1c(=O)oc2ccccc21. The van der Waals surface area contributed by atoms with Crippen molar-refractivity contribution in [3.63, 3.8) is 0 Å². The number of ether oxygens (including phenoxy) is 1. The predicted molar refractivity (Wildman–Crippen MR) is 98.1 cm³/mol. The molecule has 0 aliphatic rings. The zero-order valence-electron chi connectivity index (χ0n) is 14.7. The summed E-state index contributed by atoms with van der Waals surface area (Å²) in [6.45, 7) is 1.46. The van der Waals surface area contributed by atoms with E-state index in [9.17, 15) is 14.4 Å². The summed E-state index contributed by atoms with van der Waals surface area (Å²) in [7, 11) is 0. The minimum absolute atomic E-state index is 0.244. The molecule has 3 aromatic rings. The zero-order valence-corrected chi connectivity index (χ0v) is 14.7. The number of oxazole rings is 1. The van der Waals surface area contributed by atoms with Gasteiger partial charge >= 0.3 is 5.76 Å². The number of nitrogens with zero attached hydrogens (tertiary/aromatic N) is 1. The summed E-state index contributed by atoms with van der Waals surface area (Å²) in [6, 6.07) is 14.2. The summed E-state index contributed by atoms with van der Waals surface area (Å²) in [5.74, 6) is -1.10. The van der Waals surface area contributed by atoms with Crippen molar-refractivity contribution in [2.75, 3.05) is 6.61 Å². The maximum atomic E-state index is 12.0. The standard InChI is InChI=1S/C19H19N3O5/c1-2-13-7-3-5-9-15(13)26-12-18(24)21-20-17(23)11-22-14-8-4-6-10-16(14)27-19(22)25/h3-10H,2,11-12H2,1H3,(H,20,23)(H,21,24). The molecule has 8 heteroatoms. The number of amides is 2. The first-order chi connectivity index (χ1) is 13.1. The van der Waals surface area contributed by atoms with Crippen LogP contribution in [0.15, 0.2) is 57.7 Å². The van der Waals surface area contributed by atoms with Gasteiger partial charge in [-0.05, 0) is 30.2 Å². The Kier molecular flexibility index (Phi) is 5.55. The fraction of sp³-hybridized carbons (Fsp3) is 0.211. The van der Waals surface area contributed by atoms with Gasteiger partial charge in [0.1, 0.15) is 12.3 Å². The van der Waals surface area contributed by atoms with Crippen molar-refractivity contribution < 1.29 is 18.7 Å². The lowest BCUT2D eigenvalue weighted by molar-refractivity contribution is -0.130. The van der Waals surface area contributed by atoms with Crippen LogP contribution >= 0.6 is 0 Å². The predicted octanol–water partition coefficient (Wildman–Crippen LogP) is 1.38. The quantitative estimate of drug-likeness (QED) is 0.639. The number of hydrogen-bond acceptors (Lipinski definition) is 5. The number of para-hydroxylation sites is 3. The monoisotopic (exact) mass is 369 g/mol. The van der Waals surface area contributed by atoms with Gasteiger partial charge in [-0.1, -0.05) is 37.3 Å². The Labute approximate surface area is 154 Å². The number of fused-ring (bicyclic) bond motifs is 1. The largest absolute Gasteiger partial charge is 0.483 e. The van der Waals surface area contributed by atoms with Gasteiger partial charge in [-0.2, -0.15) is 0 Å². The van der Waals surface area contributed by atoms with E-state index in [4.69, 9.17) is 9.15 Å². The summed E-state index contributed by atoms with van der Waals surface area (Å²) < 4.78 is 11.7. The third-order valence-corrected chi connectivity index (χ3v) is 3.93. The van der Waals surface area contributed by atoms with Gasteiger partial charge in [0.2, 0.25) is 0 Å². The number of hydrogen-bond donors (Lipinski definition) is 2. The van der Waals surface area contributed by atoms with Crippen LogP contribution in [0.5, 0.6) is 5.75 Å². The lowest BCUT2D eigenvalue weighted by atomic mass is 10.1. The number of nitrogens with one attached hydrogen (secondary N) is 2. The minimum Gasteiger partial charge on any atom is -0.483 e. The van der Waals surface area contributed by atoms with E-state index in [1.54, 1.807) is 30.3 Å². The van der Waals surface area contributed by atoms with Crippen LogP contribution in [0, 0.1) is 0 Å². The molecular weight excluding hydrogens is 350 g/mol. The maximum Gasteiger partial charge on any atom is 0.420 e. The molecule has 1 heterocycles. The Morgan fingerprint density at radius 1 is 1.04 bits per heavy atom. The lowest BCUT2D eigenvalue weighted by Crippen LogP contribution is -2.45. The molecule has 1 aromatic heterocycles. The van der Waals surface area contributed by atoms with Crippen LogP contribution in [0.1, 0.15) is 12.5 Å². The average molecular weight is 369 g/mol. The van der Waals surface area contributed by atoms with Gasteiger partial charge in [-0.25, -0.2) is 4.79 Å². The van der Waals surface area contributed by atoms with Crippen molar-refractivity contribution in [2.45, 2.75) is 19.9 Å². The van der Waals surface area contributed by atoms with Crippen molar-refractivity contribution in [3.05, 3.63) is 64.6 Å². The van der Waals surface area contributed by atoms with E-state index >= 15 is 0 Å². The molecule has 3 rings (SSSR count). The topological polar surface area (TPSA) is 103 Å². The summed E-state index contributed by atoms with van der Waals surface area (Å²) >= 11 is 0. The first kappa shape index (κ1) is 18.2. The number of aryl methyl sites for hydroxylation is 1. The second-order valence-electron chi connectivity index (χ2n) is 5.77. The van der Waals surface area contributed by atoms with Gasteiger partial charge in [0.05, 0.1) is 5.52 Å². The van der Waals surface area contributed by atoms with Crippen LogP contribution in [0.2, 0.25) is 0 Å². The second-order valence-corrected chi connectivity index (χ2v) is 5.77. The average Bonchev–Trinajstić information content (AvgIpc) is 3.00. The summed E-state index contributed by atoms with van der Waals surface area (Å²) in [6.07, 6.45) is 0.780. The van der Waals surface area contributed by atoms with Crippen LogP contribution in [0.4, 0.5) is 0 Å². The van der Waals surface area contributed by atoms with E-state index in [0.717, 1.165) is 12.0 Å². The summed E-state index contributed by atoms with van der Waals surface area (Å²) in [5.41, 5.74) is 6.40. The Hall–Kier alpha value is -3.55. The summed E-state index contributed by atoms with van der Waals surface area (Å²) in [4.78, 5) is 35.7. The highest BCUT2D eigenvalue weighted by atomic mass is 16.5. The van der Waals surface area contributed by atoms with Gasteiger partial charge in [0.25, 0.3) is 11.8 Å². The number of hydrazine groups is 1. The molecule has 0 saturated heterocycles. The molecule has 0 bridgehead atoms. The van der Waals surface area contributed by atoms with E-state index in [1.807, 2.05) is 25.1 Å². The molecule has 27 heavy (non-hydrogen) atoms. The van der Waals surface area contributed by atoms with Crippen molar-refractivity contribution >= 4 is 22.9 Å². The van der Waals surface area contributed by atoms with Gasteiger partial charge in [-0.15, -0.1) is 0 Å². The van der Waals surface area contributed by atoms with Crippen molar-refractivity contribution in [2.24, 2.45) is 0 Å². The fourth-order valence-corrected chi connectivity index (χ4v) is 2.60. The van der Waals surface area contributed by atoms with E-state index < -0.39 is 17.6 Å². The molecule has 8 nitrogen and oxygen atoms in total. The Morgan fingerprint density at radius 2 is 1.74 bits per heavy atom. The van der Waals surface area contributed by atoms with Crippen molar-refractivity contribution in [1.82, 2.24) is 15.4 Å². The van der Waals surface area contributed by atoms with E-state index in [-0.39, 0.29) is 13.2 Å². The number of benzene rings is 2. The fourth-order valence-electron chi connectivity index (χ4n) is 2.60. The van der Waals surface area contributed by atoms with Gasteiger partial charge in [-0.3, -0.25) is 25.0 Å². The van der Waals surface area contributed by atoms with Crippen molar-refractivity contribution in [3.8, 4) is 5.75 Å². The van der Waals surface area contributed by atoms with Crippen LogP contribution in [0.25, 0.3) is 11.1 Å². The number of carbonyl (C=O) groups excluding carboxylic acids is 2. The number of carbonyl (C=O) groups is 2. The number of rotatable bonds is 6. The highest BCUT2D eigenvalue weighted by Crippen LogP contribution is 2.17. The number of aromatic nitrogens is 1. The smallest absolute Gasteiger partial charge is 0.420 e. The highest BCUT2D eigenvalue weighted by molar-refractivity contribution is 5.83. The van der Waals surface area contributed by atoms with Gasteiger partial charge in [0.15, 0.2) is 12.2 Å². The molecule has 0 aliphatic carbocycles. The molecule has 0 spiro atoms. The van der Waals surface area contributed by atoms with Gasteiger partial charge < -0.3 is 9.15 Å².